The molecule has 0 aromatic carbocycles. The van der Waals surface area contributed by atoms with Crippen LogP contribution in [0.1, 0.15) is 6.92 Å². The number of ketones is 1. The molecule has 0 aliphatic heterocycles. The van der Waals surface area contributed by atoms with E-state index in [-0.39, 0.29) is 11.2 Å². The molecule has 40 valence electrons. The van der Waals surface area contributed by atoms with Crippen molar-refractivity contribution in [3.63, 3.8) is 0 Å². The minimum atomic E-state index is -0.698. The van der Waals surface area contributed by atoms with Gasteiger partial charge in [0.15, 0.2) is 11.2 Å². The molecule has 0 fully saturated rings. The van der Waals surface area contributed by atoms with Gasteiger partial charge in [0.2, 0.25) is 0 Å². The zero-order chi connectivity index (χ0) is 5.86. The number of hydrogen-bond donors (Lipinski definition) is 0. The quantitative estimate of drug-likeness (QED) is 0.354. The number of carbonyl (C=O) groups is 2. The highest BCUT2D eigenvalue weighted by molar-refractivity contribution is 6.87. The number of rotatable bonds is 2. The predicted molar refractivity (Wildman–Crippen MR) is 30.1 cm³/mol. The Labute approximate surface area is 44.7 Å². The summed E-state index contributed by atoms with van der Waals surface area (Å²) in [6.45, 7) is 3.13. The number of carbonyl (C=O) groups excluding carboxylic acids is 2. The van der Waals surface area contributed by atoms with Gasteiger partial charge in [-0.15, -0.1) is 0 Å². The van der Waals surface area contributed by atoms with Crippen molar-refractivity contribution in [1.82, 2.24) is 0 Å². The van der Waals surface area contributed by atoms with Gasteiger partial charge in [0.25, 0.3) is 0 Å². The Balaban J connectivity index is 3.58. The summed E-state index contributed by atoms with van der Waals surface area (Å²) >= 11 is 0. The molecule has 7 heavy (non-hydrogen) atoms. The lowest BCUT2D eigenvalue weighted by Gasteiger charge is -1.81. The van der Waals surface area contributed by atoms with Crippen LogP contribution >= 0.6 is 0 Å². The van der Waals surface area contributed by atoms with Crippen molar-refractivity contribution in [3.05, 3.63) is 0 Å². The Hall–Kier alpha value is -0.443. The van der Waals surface area contributed by atoms with Crippen LogP contribution in [0.25, 0.3) is 0 Å². The summed E-state index contributed by atoms with van der Waals surface area (Å²) in [4.78, 5) is 20.3. The Morgan fingerprint density at radius 3 is 1.86 bits per heavy atom. The average molecular weight is 116 g/mol. The highest BCUT2D eigenvalue weighted by atomic mass is 28.2. The van der Waals surface area contributed by atoms with Gasteiger partial charge in [0.1, 0.15) is 9.52 Å². The van der Waals surface area contributed by atoms with Gasteiger partial charge < -0.3 is 0 Å². The molecule has 0 aromatic heterocycles. The maximum absolute atomic E-state index is 10.2. The van der Waals surface area contributed by atoms with E-state index in [0.717, 1.165) is 0 Å². The minimum Gasteiger partial charge on any atom is -0.298 e. The van der Waals surface area contributed by atoms with E-state index in [9.17, 15) is 9.59 Å². The molecule has 0 aliphatic rings. The Morgan fingerprint density at radius 1 is 1.43 bits per heavy atom. The standard InChI is InChI=1S/C4H8O2Si/c1-3(5)4(6)7-2/h7H2,1-2H3. The molecule has 0 bridgehead atoms. The van der Waals surface area contributed by atoms with Crippen LogP contribution < -0.4 is 0 Å². The van der Waals surface area contributed by atoms with E-state index in [2.05, 4.69) is 0 Å². The Kier molecular flexibility index (Phi) is 2.51. The lowest BCUT2D eigenvalue weighted by molar-refractivity contribution is -0.130. The molecule has 0 spiro atoms. The smallest absolute Gasteiger partial charge is 0.189 e. The molecule has 0 saturated heterocycles. The molecule has 0 unspecified atom stereocenters. The molecular formula is C4H8O2Si. The van der Waals surface area contributed by atoms with Gasteiger partial charge in [-0.2, -0.15) is 0 Å². The first-order chi connectivity index (χ1) is 3.18. The Morgan fingerprint density at radius 2 is 1.86 bits per heavy atom. The normalized spacial score (nSPS) is 10.0. The van der Waals surface area contributed by atoms with Crippen LogP contribution in [0.2, 0.25) is 6.55 Å². The number of Topliss-reactive ketones (excluding diaryl/α,β-unsaturated/α-hetero) is 1. The molecule has 0 aliphatic carbocycles. The summed E-state index contributed by atoms with van der Waals surface area (Å²) in [6, 6.07) is 0. The lowest BCUT2D eigenvalue weighted by Crippen LogP contribution is -2.14. The summed E-state index contributed by atoms with van der Waals surface area (Å²) in [5, 5.41) is -0.153. The summed E-state index contributed by atoms with van der Waals surface area (Å²) in [5.41, 5.74) is 0. The van der Waals surface area contributed by atoms with Crippen molar-refractivity contribution >= 4 is 20.7 Å². The van der Waals surface area contributed by atoms with E-state index >= 15 is 0 Å². The highest BCUT2D eigenvalue weighted by Crippen LogP contribution is 1.69. The van der Waals surface area contributed by atoms with Gasteiger partial charge >= 0.3 is 0 Å². The fraction of sp³-hybridized carbons (Fsp3) is 0.500. The summed E-state index contributed by atoms with van der Waals surface area (Å²) < 4.78 is 0. The molecule has 0 radical (unpaired) electrons. The molecule has 0 aromatic rings. The number of hydrogen-bond acceptors (Lipinski definition) is 2. The maximum atomic E-state index is 10.2. The third kappa shape index (κ3) is 2.28. The van der Waals surface area contributed by atoms with Gasteiger partial charge in [-0.05, 0) is 0 Å². The molecular weight excluding hydrogens is 108 g/mol. The van der Waals surface area contributed by atoms with Crippen molar-refractivity contribution in [2.24, 2.45) is 0 Å². The van der Waals surface area contributed by atoms with E-state index < -0.39 is 9.52 Å². The van der Waals surface area contributed by atoms with Crippen LogP contribution in [0.15, 0.2) is 0 Å². The zero-order valence-corrected chi connectivity index (χ0v) is 5.94. The first-order valence-electron chi connectivity index (χ1n) is 2.22. The maximum Gasteiger partial charge on any atom is 0.189 e. The fourth-order valence-corrected chi connectivity index (χ4v) is 0.747. The fourth-order valence-electron chi connectivity index (χ4n) is 0.249. The lowest BCUT2D eigenvalue weighted by atomic mass is 10.5. The van der Waals surface area contributed by atoms with Crippen LogP contribution in [0.3, 0.4) is 0 Å². The van der Waals surface area contributed by atoms with Gasteiger partial charge in [-0.25, -0.2) is 0 Å². The molecule has 0 saturated carbocycles. The van der Waals surface area contributed by atoms with Crippen molar-refractivity contribution in [2.45, 2.75) is 13.5 Å². The van der Waals surface area contributed by atoms with Crippen molar-refractivity contribution in [3.8, 4) is 0 Å². The van der Waals surface area contributed by atoms with Crippen LogP contribution in [0, 0.1) is 0 Å². The van der Waals surface area contributed by atoms with E-state index in [0.29, 0.717) is 0 Å². The summed E-state index contributed by atoms with van der Waals surface area (Å²) in [5.74, 6) is -0.283. The van der Waals surface area contributed by atoms with Crippen LogP contribution in [0.4, 0.5) is 0 Å². The molecule has 0 amide bonds. The molecule has 0 rings (SSSR count). The second-order valence-electron chi connectivity index (χ2n) is 1.33. The van der Waals surface area contributed by atoms with E-state index in [4.69, 9.17) is 0 Å². The third-order valence-electron chi connectivity index (χ3n) is 0.714. The molecule has 0 atom stereocenters. The van der Waals surface area contributed by atoms with Gasteiger partial charge in [-0.1, -0.05) is 6.55 Å². The minimum absolute atomic E-state index is 0.153. The second-order valence-corrected chi connectivity index (χ2v) is 2.68. The van der Waals surface area contributed by atoms with Crippen molar-refractivity contribution in [2.75, 3.05) is 0 Å². The largest absolute Gasteiger partial charge is 0.298 e. The third-order valence-corrected chi connectivity index (χ3v) is 1.85. The SMILES string of the molecule is C[SiH2]C(=O)C(C)=O. The van der Waals surface area contributed by atoms with E-state index in [1.807, 2.05) is 6.55 Å². The van der Waals surface area contributed by atoms with Gasteiger partial charge in [-0.3, -0.25) is 9.59 Å². The molecule has 2 nitrogen and oxygen atoms in total. The second kappa shape index (κ2) is 2.68. The monoisotopic (exact) mass is 116 g/mol. The highest BCUT2D eigenvalue weighted by Gasteiger charge is 2.01. The first kappa shape index (κ1) is 6.56. The first-order valence-corrected chi connectivity index (χ1v) is 4.34. The summed E-state index contributed by atoms with van der Waals surface area (Å²) in [7, 11) is -0.698. The Bertz CT molecular complexity index is 97.9. The van der Waals surface area contributed by atoms with E-state index in [1.54, 1.807) is 0 Å². The topological polar surface area (TPSA) is 34.1 Å². The van der Waals surface area contributed by atoms with Gasteiger partial charge in [0.05, 0.1) is 0 Å². The van der Waals surface area contributed by atoms with Gasteiger partial charge in [0, 0.05) is 6.92 Å². The zero-order valence-electron chi connectivity index (χ0n) is 4.52. The molecule has 0 N–H and O–H groups in total. The predicted octanol–water partition coefficient (Wildman–Crippen LogP) is -0.681. The van der Waals surface area contributed by atoms with Crippen molar-refractivity contribution in [1.29, 1.82) is 0 Å². The summed E-state index contributed by atoms with van der Waals surface area (Å²) in [6.07, 6.45) is 0. The van der Waals surface area contributed by atoms with Crippen molar-refractivity contribution < 1.29 is 9.59 Å². The average Bonchev–Trinajstić information content (AvgIpc) is 1.65. The molecule has 3 heteroatoms. The van der Waals surface area contributed by atoms with E-state index in [1.165, 1.54) is 6.92 Å². The van der Waals surface area contributed by atoms with Crippen LogP contribution in [-0.4, -0.2) is 20.7 Å². The van der Waals surface area contributed by atoms with Crippen LogP contribution in [-0.2, 0) is 9.59 Å². The molecule has 0 heterocycles. The van der Waals surface area contributed by atoms with Crippen LogP contribution in [0.5, 0.6) is 0 Å².